The van der Waals surface area contributed by atoms with Crippen molar-refractivity contribution >= 4 is 56.9 Å². The van der Waals surface area contributed by atoms with Crippen LogP contribution in [0.4, 0.5) is 0 Å². The lowest BCUT2D eigenvalue weighted by Crippen LogP contribution is -2.39. The van der Waals surface area contributed by atoms with Crippen molar-refractivity contribution in [1.82, 2.24) is 4.57 Å². The van der Waals surface area contributed by atoms with Gasteiger partial charge in [-0.25, -0.2) is 14.6 Å². The predicted octanol–water partition coefficient (Wildman–Crippen LogP) is 5.27. The van der Waals surface area contributed by atoms with Crippen LogP contribution >= 0.6 is 38.9 Å². The lowest BCUT2D eigenvalue weighted by molar-refractivity contribution is -0.139. The van der Waals surface area contributed by atoms with E-state index in [1.165, 1.54) is 23.0 Å². The molecular weight excluding hydrogens is 648 g/mol. The van der Waals surface area contributed by atoms with Gasteiger partial charge in [0.25, 0.3) is 5.56 Å². The molecule has 0 N–H and O–H groups in total. The van der Waals surface area contributed by atoms with Crippen LogP contribution in [0.15, 0.2) is 78.5 Å². The standard InChI is InChI=1S/C30H24BrClN2O7S/c1-5-40-29(37)25-15(2)33-30-34(26(25)17-7-10-23(38-3)20(31)13-17)27(35)24(42-30)14-18-8-11-22(41-18)16-6-9-21(32)19(12-16)28(36)39-4/h6-14,26H,5H2,1-4H3/b24-14+/t26-/m1/s1. The van der Waals surface area contributed by atoms with Crippen molar-refractivity contribution in [1.29, 1.82) is 0 Å². The molecule has 1 atom stereocenters. The zero-order chi connectivity index (χ0) is 30.1. The Kier molecular flexibility index (Phi) is 8.53. The molecule has 3 heterocycles. The van der Waals surface area contributed by atoms with E-state index in [0.29, 0.717) is 47.9 Å². The van der Waals surface area contributed by atoms with E-state index in [1.807, 2.05) is 6.07 Å². The van der Waals surface area contributed by atoms with E-state index >= 15 is 0 Å². The summed E-state index contributed by atoms with van der Waals surface area (Å²) in [5.41, 5.74) is 1.89. The molecule has 0 amide bonds. The van der Waals surface area contributed by atoms with Crippen molar-refractivity contribution < 1.29 is 28.2 Å². The molecule has 1 aliphatic rings. The van der Waals surface area contributed by atoms with Crippen molar-refractivity contribution in [2.24, 2.45) is 4.99 Å². The molecule has 12 heteroatoms. The summed E-state index contributed by atoms with van der Waals surface area (Å²) in [7, 11) is 2.84. The summed E-state index contributed by atoms with van der Waals surface area (Å²) in [6.07, 6.45) is 1.62. The molecule has 2 aromatic heterocycles. The largest absolute Gasteiger partial charge is 0.496 e. The number of nitrogens with zero attached hydrogens (tertiary/aromatic N) is 2. The number of thiazole rings is 1. The normalized spacial score (nSPS) is 14.8. The number of carbonyl (C=O) groups is 2. The molecule has 5 rings (SSSR count). The molecule has 216 valence electrons. The van der Waals surface area contributed by atoms with Crippen LogP contribution in [0.3, 0.4) is 0 Å². The second-order valence-electron chi connectivity index (χ2n) is 9.08. The maximum Gasteiger partial charge on any atom is 0.339 e. The fourth-order valence-corrected chi connectivity index (χ4v) is 6.40. The minimum absolute atomic E-state index is 0.175. The number of fused-ring (bicyclic) bond motifs is 1. The first-order valence-corrected chi connectivity index (χ1v) is 14.7. The minimum Gasteiger partial charge on any atom is -0.496 e. The Morgan fingerprint density at radius 1 is 1.14 bits per heavy atom. The van der Waals surface area contributed by atoms with Gasteiger partial charge < -0.3 is 18.6 Å². The van der Waals surface area contributed by atoms with Crippen LogP contribution < -0.4 is 19.6 Å². The Hall–Kier alpha value is -3.93. The summed E-state index contributed by atoms with van der Waals surface area (Å²) in [4.78, 5) is 44.1. The molecule has 0 saturated heterocycles. The number of furan rings is 1. The molecule has 9 nitrogen and oxygen atoms in total. The van der Waals surface area contributed by atoms with Crippen molar-refractivity contribution in [2.75, 3.05) is 20.8 Å². The number of aromatic nitrogens is 1. The number of hydrogen-bond acceptors (Lipinski definition) is 9. The Morgan fingerprint density at radius 3 is 2.62 bits per heavy atom. The quantitative estimate of drug-likeness (QED) is 0.246. The van der Waals surface area contributed by atoms with E-state index in [4.69, 9.17) is 30.2 Å². The van der Waals surface area contributed by atoms with E-state index in [2.05, 4.69) is 20.9 Å². The van der Waals surface area contributed by atoms with E-state index in [0.717, 1.165) is 0 Å². The number of carbonyl (C=O) groups excluding carboxylic acids is 2. The summed E-state index contributed by atoms with van der Waals surface area (Å²) in [6, 6.07) is 12.9. The Morgan fingerprint density at radius 2 is 1.93 bits per heavy atom. The number of methoxy groups -OCH3 is 2. The van der Waals surface area contributed by atoms with E-state index in [-0.39, 0.29) is 28.3 Å². The zero-order valence-corrected chi connectivity index (χ0v) is 26.1. The van der Waals surface area contributed by atoms with E-state index < -0.39 is 18.0 Å². The van der Waals surface area contributed by atoms with Crippen molar-refractivity contribution in [2.45, 2.75) is 19.9 Å². The molecule has 0 spiro atoms. The van der Waals surface area contributed by atoms with Gasteiger partial charge in [0, 0.05) is 11.6 Å². The van der Waals surface area contributed by atoms with Crippen molar-refractivity contribution in [3.63, 3.8) is 0 Å². The third kappa shape index (κ3) is 5.47. The highest BCUT2D eigenvalue weighted by Crippen LogP contribution is 2.35. The van der Waals surface area contributed by atoms with Gasteiger partial charge in [-0.15, -0.1) is 0 Å². The Bertz CT molecular complexity index is 1940. The van der Waals surface area contributed by atoms with Crippen LogP contribution in [0.5, 0.6) is 5.75 Å². The number of allylic oxidation sites excluding steroid dienone is 1. The maximum atomic E-state index is 13.9. The average molecular weight is 672 g/mol. The molecule has 1 aliphatic heterocycles. The first-order chi connectivity index (χ1) is 20.2. The number of rotatable bonds is 7. The van der Waals surface area contributed by atoms with Crippen LogP contribution in [0.2, 0.25) is 5.02 Å². The number of halogens is 2. The van der Waals surface area contributed by atoms with Gasteiger partial charge in [-0.3, -0.25) is 9.36 Å². The van der Waals surface area contributed by atoms with Crippen LogP contribution in [0.1, 0.15) is 41.6 Å². The topological polar surface area (TPSA) is 109 Å². The van der Waals surface area contributed by atoms with Gasteiger partial charge in [0.15, 0.2) is 4.80 Å². The van der Waals surface area contributed by atoms with Crippen molar-refractivity contribution in [3.8, 4) is 17.1 Å². The van der Waals surface area contributed by atoms with Crippen LogP contribution in [-0.2, 0) is 14.3 Å². The second kappa shape index (κ2) is 12.1. The molecule has 0 unspecified atom stereocenters. The number of benzene rings is 2. The van der Waals surface area contributed by atoms with Crippen LogP contribution in [0.25, 0.3) is 17.4 Å². The van der Waals surface area contributed by atoms with Gasteiger partial charge in [0.1, 0.15) is 17.3 Å². The van der Waals surface area contributed by atoms with Crippen molar-refractivity contribution in [3.05, 3.63) is 106 Å². The first kappa shape index (κ1) is 29.6. The number of esters is 2. The zero-order valence-electron chi connectivity index (χ0n) is 22.9. The van der Waals surface area contributed by atoms with E-state index in [1.54, 1.807) is 69.5 Å². The molecule has 0 saturated carbocycles. The first-order valence-electron chi connectivity index (χ1n) is 12.7. The summed E-state index contributed by atoms with van der Waals surface area (Å²) in [5, 5.41) is 0.259. The number of ether oxygens (including phenoxy) is 3. The summed E-state index contributed by atoms with van der Waals surface area (Å²) < 4.78 is 24.1. The summed E-state index contributed by atoms with van der Waals surface area (Å²) in [6.45, 7) is 3.62. The van der Waals surface area contributed by atoms with Gasteiger partial charge in [0.2, 0.25) is 0 Å². The molecule has 0 bridgehead atoms. The highest BCUT2D eigenvalue weighted by molar-refractivity contribution is 9.10. The fraction of sp³-hybridized carbons (Fsp3) is 0.200. The van der Waals surface area contributed by atoms with Gasteiger partial charge in [-0.2, -0.15) is 0 Å². The average Bonchev–Trinajstić information content (AvgIpc) is 3.56. The Balaban J connectivity index is 1.61. The number of hydrogen-bond donors (Lipinski definition) is 0. The maximum absolute atomic E-state index is 13.9. The van der Waals surface area contributed by atoms with Crippen LogP contribution in [-0.4, -0.2) is 37.3 Å². The van der Waals surface area contributed by atoms with Gasteiger partial charge in [0.05, 0.1) is 57.7 Å². The minimum atomic E-state index is -0.775. The molecule has 0 fully saturated rings. The third-order valence-corrected chi connectivity index (χ3v) is 8.50. The Labute approximate surface area is 257 Å². The molecule has 4 aromatic rings. The van der Waals surface area contributed by atoms with Crippen LogP contribution in [0, 0.1) is 0 Å². The lowest BCUT2D eigenvalue weighted by Gasteiger charge is -2.25. The molecular formula is C30H24BrClN2O7S. The summed E-state index contributed by atoms with van der Waals surface area (Å²) >= 11 is 10.8. The van der Waals surface area contributed by atoms with Gasteiger partial charge >= 0.3 is 11.9 Å². The lowest BCUT2D eigenvalue weighted by atomic mass is 9.96. The predicted molar refractivity (Wildman–Crippen MR) is 162 cm³/mol. The highest BCUT2D eigenvalue weighted by atomic mass is 79.9. The smallest absolute Gasteiger partial charge is 0.339 e. The van der Waals surface area contributed by atoms with E-state index in [9.17, 15) is 14.4 Å². The molecule has 2 aromatic carbocycles. The second-order valence-corrected chi connectivity index (χ2v) is 11.4. The summed E-state index contributed by atoms with van der Waals surface area (Å²) in [5.74, 6) is 0.380. The molecule has 0 aliphatic carbocycles. The fourth-order valence-electron chi connectivity index (χ4n) is 4.62. The molecule has 0 radical (unpaired) electrons. The highest BCUT2D eigenvalue weighted by Gasteiger charge is 2.33. The SMILES string of the molecule is CCOC(=O)C1=C(C)N=c2s/c(=C/c3ccc(-c4ccc(Cl)c(C(=O)OC)c4)o3)c(=O)n2[C@@H]1c1ccc(OC)c(Br)c1. The van der Waals surface area contributed by atoms with Gasteiger partial charge in [-0.05, 0) is 77.8 Å². The molecule has 42 heavy (non-hydrogen) atoms. The van der Waals surface area contributed by atoms with Gasteiger partial charge in [-0.1, -0.05) is 29.0 Å². The third-order valence-electron chi connectivity index (χ3n) is 6.56. The monoisotopic (exact) mass is 670 g/mol.